The largest absolute Gasteiger partial charge is 0.271 e. The van der Waals surface area contributed by atoms with Crippen molar-refractivity contribution in [1.29, 1.82) is 0 Å². The standard InChI is InChI=1S/C15H17BrN2/c1-11-3-2-4-13(9-11)15(18-17)10-12-5-7-14(16)8-6-12/h2-9,15,18H,10,17H2,1H3. The van der Waals surface area contributed by atoms with Gasteiger partial charge in [0.2, 0.25) is 0 Å². The normalized spacial score (nSPS) is 12.4. The molecule has 0 heterocycles. The monoisotopic (exact) mass is 304 g/mol. The minimum Gasteiger partial charge on any atom is -0.271 e. The molecule has 2 rings (SSSR count). The fourth-order valence-electron chi connectivity index (χ4n) is 2.02. The first-order valence-corrected chi connectivity index (χ1v) is 6.75. The summed E-state index contributed by atoms with van der Waals surface area (Å²) in [6, 6.07) is 16.9. The molecule has 94 valence electrons. The van der Waals surface area contributed by atoms with Crippen molar-refractivity contribution in [3.05, 3.63) is 69.7 Å². The molecule has 3 heteroatoms. The maximum atomic E-state index is 5.67. The molecule has 0 aliphatic carbocycles. The van der Waals surface area contributed by atoms with Gasteiger partial charge in [-0.3, -0.25) is 11.3 Å². The van der Waals surface area contributed by atoms with Gasteiger partial charge in [-0.2, -0.15) is 0 Å². The Morgan fingerprint density at radius 1 is 1.17 bits per heavy atom. The highest BCUT2D eigenvalue weighted by Gasteiger charge is 2.10. The molecule has 0 aliphatic heterocycles. The van der Waals surface area contributed by atoms with Gasteiger partial charge >= 0.3 is 0 Å². The molecular weight excluding hydrogens is 288 g/mol. The van der Waals surface area contributed by atoms with Crippen LogP contribution in [0.2, 0.25) is 0 Å². The summed E-state index contributed by atoms with van der Waals surface area (Å²) in [4.78, 5) is 0. The molecule has 0 bridgehead atoms. The zero-order chi connectivity index (χ0) is 13.0. The fraction of sp³-hybridized carbons (Fsp3) is 0.200. The van der Waals surface area contributed by atoms with Crippen LogP contribution in [0.5, 0.6) is 0 Å². The summed E-state index contributed by atoms with van der Waals surface area (Å²) >= 11 is 3.44. The van der Waals surface area contributed by atoms with Crippen molar-refractivity contribution in [3.8, 4) is 0 Å². The van der Waals surface area contributed by atoms with Gasteiger partial charge < -0.3 is 0 Å². The zero-order valence-electron chi connectivity index (χ0n) is 10.4. The number of hydrazine groups is 1. The van der Waals surface area contributed by atoms with Gasteiger partial charge in [-0.15, -0.1) is 0 Å². The summed E-state index contributed by atoms with van der Waals surface area (Å²) in [5, 5.41) is 0. The van der Waals surface area contributed by atoms with Gasteiger partial charge in [0.1, 0.15) is 0 Å². The molecule has 2 nitrogen and oxygen atoms in total. The third-order valence-corrected chi connectivity index (χ3v) is 3.53. The predicted molar refractivity (Wildman–Crippen MR) is 79.1 cm³/mol. The molecule has 2 aromatic rings. The first-order valence-electron chi connectivity index (χ1n) is 5.96. The minimum absolute atomic E-state index is 0.145. The summed E-state index contributed by atoms with van der Waals surface area (Å²) < 4.78 is 1.10. The third-order valence-electron chi connectivity index (χ3n) is 3.00. The van der Waals surface area contributed by atoms with Gasteiger partial charge in [0.05, 0.1) is 0 Å². The third kappa shape index (κ3) is 3.42. The summed E-state index contributed by atoms with van der Waals surface area (Å²) in [7, 11) is 0. The van der Waals surface area contributed by atoms with Crippen LogP contribution in [0.15, 0.2) is 53.0 Å². The van der Waals surface area contributed by atoms with E-state index in [9.17, 15) is 0 Å². The molecule has 0 aromatic heterocycles. The van der Waals surface area contributed by atoms with Crippen molar-refractivity contribution in [2.75, 3.05) is 0 Å². The summed E-state index contributed by atoms with van der Waals surface area (Å²) in [6.45, 7) is 2.09. The maximum Gasteiger partial charge on any atom is 0.0500 e. The van der Waals surface area contributed by atoms with Crippen molar-refractivity contribution < 1.29 is 0 Å². The summed E-state index contributed by atoms with van der Waals surface area (Å²) in [5.41, 5.74) is 6.64. The average Bonchev–Trinajstić information content (AvgIpc) is 2.38. The smallest absolute Gasteiger partial charge is 0.0500 e. The van der Waals surface area contributed by atoms with Crippen LogP contribution < -0.4 is 11.3 Å². The van der Waals surface area contributed by atoms with Crippen LogP contribution in [0.3, 0.4) is 0 Å². The van der Waals surface area contributed by atoms with Crippen LogP contribution in [0.1, 0.15) is 22.7 Å². The van der Waals surface area contributed by atoms with Gasteiger partial charge in [0, 0.05) is 10.5 Å². The lowest BCUT2D eigenvalue weighted by Crippen LogP contribution is -2.29. The lowest BCUT2D eigenvalue weighted by Gasteiger charge is -2.17. The zero-order valence-corrected chi connectivity index (χ0v) is 11.9. The predicted octanol–water partition coefficient (Wildman–Crippen LogP) is 3.50. The summed E-state index contributed by atoms with van der Waals surface area (Å²) in [5.74, 6) is 5.67. The fourth-order valence-corrected chi connectivity index (χ4v) is 2.28. The van der Waals surface area contributed by atoms with Gasteiger partial charge in [-0.1, -0.05) is 57.9 Å². The van der Waals surface area contributed by atoms with E-state index in [1.807, 2.05) is 0 Å². The van der Waals surface area contributed by atoms with Crippen LogP contribution in [-0.2, 0) is 6.42 Å². The van der Waals surface area contributed by atoms with E-state index in [1.54, 1.807) is 0 Å². The Kier molecular flexibility index (Phi) is 4.53. The van der Waals surface area contributed by atoms with E-state index in [1.165, 1.54) is 16.7 Å². The lowest BCUT2D eigenvalue weighted by molar-refractivity contribution is 0.551. The number of aryl methyl sites for hydroxylation is 1. The molecule has 0 aliphatic rings. The van der Waals surface area contributed by atoms with Gasteiger partial charge in [-0.25, -0.2) is 0 Å². The number of benzene rings is 2. The molecular formula is C15H17BrN2. The molecule has 0 radical (unpaired) electrons. The Hall–Kier alpha value is -1.16. The lowest BCUT2D eigenvalue weighted by atomic mass is 9.98. The summed E-state index contributed by atoms with van der Waals surface area (Å²) in [6.07, 6.45) is 0.882. The van der Waals surface area contributed by atoms with Crippen LogP contribution in [-0.4, -0.2) is 0 Å². The second-order valence-electron chi connectivity index (χ2n) is 4.46. The second-order valence-corrected chi connectivity index (χ2v) is 5.38. The second kappa shape index (κ2) is 6.14. The number of rotatable bonds is 4. The Morgan fingerprint density at radius 3 is 2.50 bits per heavy atom. The van der Waals surface area contributed by atoms with Gasteiger partial charge in [0.25, 0.3) is 0 Å². The number of hydrogen-bond acceptors (Lipinski definition) is 2. The molecule has 1 unspecified atom stereocenters. The highest BCUT2D eigenvalue weighted by molar-refractivity contribution is 9.10. The molecule has 0 spiro atoms. The molecule has 0 saturated heterocycles. The Bertz CT molecular complexity index is 508. The van der Waals surface area contributed by atoms with E-state index in [0.29, 0.717) is 0 Å². The van der Waals surface area contributed by atoms with Crippen LogP contribution in [0.25, 0.3) is 0 Å². The quantitative estimate of drug-likeness (QED) is 0.670. The van der Waals surface area contributed by atoms with E-state index < -0.39 is 0 Å². The molecule has 0 amide bonds. The maximum absolute atomic E-state index is 5.67. The minimum atomic E-state index is 0.145. The molecule has 2 aromatic carbocycles. The molecule has 0 fully saturated rings. The molecule has 18 heavy (non-hydrogen) atoms. The van der Waals surface area contributed by atoms with Crippen LogP contribution in [0, 0.1) is 6.92 Å². The van der Waals surface area contributed by atoms with Gasteiger partial charge in [-0.05, 0) is 36.6 Å². The topological polar surface area (TPSA) is 38.0 Å². The van der Waals surface area contributed by atoms with Crippen molar-refractivity contribution in [2.45, 2.75) is 19.4 Å². The van der Waals surface area contributed by atoms with Crippen molar-refractivity contribution in [2.24, 2.45) is 5.84 Å². The van der Waals surface area contributed by atoms with Crippen LogP contribution in [0.4, 0.5) is 0 Å². The van der Waals surface area contributed by atoms with E-state index in [-0.39, 0.29) is 6.04 Å². The van der Waals surface area contributed by atoms with E-state index in [2.05, 4.69) is 76.8 Å². The highest BCUT2D eigenvalue weighted by atomic mass is 79.9. The Balaban J connectivity index is 2.17. The Labute approximate surface area is 116 Å². The molecule has 3 N–H and O–H groups in total. The molecule has 0 saturated carbocycles. The Morgan fingerprint density at radius 2 is 1.89 bits per heavy atom. The molecule has 1 atom stereocenters. The highest BCUT2D eigenvalue weighted by Crippen LogP contribution is 2.20. The average molecular weight is 305 g/mol. The number of nitrogens with two attached hydrogens (primary N) is 1. The first kappa shape index (κ1) is 13.3. The van der Waals surface area contributed by atoms with Crippen molar-refractivity contribution in [3.63, 3.8) is 0 Å². The van der Waals surface area contributed by atoms with Crippen LogP contribution >= 0.6 is 15.9 Å². The van der Waals surface area contributed by atoms with Crippen molar-refractivity contribution in [1.82, 2.24) is 5.43 Å². The van der Waals surface area contributed by atoms with E-state index in [0.717, 1.165) is 10.9 Å². The van der Waals surface area contributed by atoms with E-state index >= 15 is 0 Å². The number of nitrogens with one attached hydrogen (secondary N) is 1. The SMILES string of the molecule is Cc1cccc(C(Cc2ccc(Br)cc2)NN)c1. The van der Waals surface area contributed by atoms with Gasteiger partial charge in [0.15, 0.2) is 0 Å². The van der Waals surface area contributed by atoms with E-state index in [4.69, 9.17) is 5.84 Å². The first-order chi connectivity index (χ1) is 8.69. The number of hydrogen-bond donors (Lipinski definition) is 2. The number of halogens is 1. The van der Waals surface area contributed by atoms with Crippen molar-refractivity contribution >= 4 is 15.9 Å².